The maximum absolute atomic E-state index is 5.41. The Balaban J connectivity index is 0.000000561. The standard InChI is InChI=1S/C9H13N.C2H4/c1-8-3-2-4-9(7-8)5-6-10;1-2/h2-4,7H,5-6,10H2,1H3;1-2H2. The van der Waals surface area contributed by atoms with E-state index in [0.717, 1.165) is 13.0 Å². The maximum Gasteiger partial charge on any atom is -0.00367 e. The third kappa shape index (κ3) is 3.94. The third-order valence-electron chi connectivity index (χ3n) is 1.52. The van der Waals surface area contributed by atoms with Crippen molar-refractivity contribution in [1.29, 1.82) is 0 Å². The van der Waals surface area contributed by atoms with E-state index in [0.29, 0.717) is 0 Å². The SMILES string of the molecule is C=C.Cc1cccc(CCN)c1. The first-order valence-corrected chi connectivity index (χ1v) is 4.08. The number of rotatable bonds is 2. The van der Waals surface area contributed by atoms with Crippen molar-refractivity contribution >= 4 is 0 Å². The van der Waals surface area contributed by atoms with E-state index in [9.17, 15) is 0 Å². The lowest BCUT2D eigenvalue weighted by Crippen LogP contribution is -2.02. The van der Waals surface area contributed by atoms with Gasteiger partial charge in [0.05, 0.1) is 0 Å². The summed E-state index contributed by atoms with van der Waals surface area (Å²) >= 11 is 0. The number of benzene rings is 1. The molecular formula is C11H17N. The van der Waals surface area contributed by atoms with E-state index in [1.54, 1.807) is 0 Å². The second-order valence-corrected chi connectivity index (χ2v) is 2.53. The largest absolute Gasteiger partial charge is 0.330 e. The zero-order valence-corrected chi connectivity index (χ0v) is 7.72. The lowest BCUT2D eigenvalue weighted by Gasteiger charge is -1.98. The lowest BCUT2D eigenvalue weighted by molar-refractivity contribution is 0.967. The highest BCUT2D eigenvalue weighted by Crippen LogP contribution is 2.03. The fourth-order valence-electron chi connectivity index (χ4n) is 1.03. The van der Waals surface area contributed by atoms with Gasteiger partial charge in [-0.25, -0.2) is 0 Å². The van der Waals surface area contributed by atoms with Crippen molar-refractivity contribution in [3.05, 3.63) is 48.6 Å². The van der Waals surface area contributed by atoms with Crippen molar-refractivity contribution < 1.29 is 0 Å². The number of aryl methyl sites for hydroxylation is 1. The van der Waals surface area contributed by atoms with Gasteiger partial charge in [-0.2, -0.15) is 0 Å². The molecule has 1 heteroatoms. The van der Waals surface area contributed by atoms with Crippen LogP contribution in [0.3, 0.4) is 0 Å². The summed E-state index contributed by atoms with van der Waals surface area (Å²) in [6, 6.07) is 8.45. The topological polar surface area (TPSA) is 26.0 Å². The van der Waals surface area contributed by atoms with E-state index in [2.05, 4.69) is 44.3 Å². The maximum atomic E-state index is 5.41. The molecule has 0 saturated carbocycles. The second kappa shape index (κ2) is 6.62. The summed E-state index contributed by atoms with van der Waals surface area (Å²) in [5.41, 5.74) is 8.06. The summed E-state index contributed by atoms with van der Waals surface area (Å²) in [7, 11) is 0. The molecular weight excluding hydrogens is 146 g/mol. The summed E-state index contributed by atoms with van der Waals surface area (Å²) in [5.74, 6) is 0. The van der Waals surface area contributed by atoms with Gasteiger partial charge in [0.15, 0.2) is 0 Å². The smallest absolute Gasteiger partial charge is 0.00367 e. The first-order chi connectivity index (χ1) is 5.83. The van der Waals surface area contributed by atoms with Crippen LogP contribution in [-0.2, 0) is 6.42 Å². The van der Waals surface area contributed by atoms with Crippen molar-refractivity contribution in [3.63, 3.8) is 0 Å². The van der Waals surface area contributed by atoms with E-state index >= 15 is 0 Å². The molecule has 2 N–H and O–H groups in total. The highest BCUT2D eigenvalue weighted by molar-refractivity contribution is 5.22. The first kappa shape index (κ1) is 10.9. The van der Waals surface area contributed by atoms with Gasteiger partial charge in [0.2, 0.25) is 0 Å². The predicted molar refractivity (Wildman–Crippen MR) is 55.2 cm³/mol. The molecule has 0 fully saturated rings. The molecule has 0 heterocycles. The lowest BCUT2D eigenvalue weighted by atomic mass is 10.1. The molecule has 0 atom stereocenters. The predicted octanol–water partition coefficient (Wildman–Crippen LogP) is 2.30. The minimum absolute atomic E-state index is 0.740. The van der Waals surface area contributed by atoms with Gasteiger partial charge in [0.1, 0.15) is 0 Å². The summed E-state index contributed by atoms with van der Waals surface area (Å²) < 4.78 is 0. The van der Waals surface area contributed by atoms with Gasteiger partial charge in [0, 0.05) is 0 Å². The molecule has 0 aliphatic heterocycles. The molecule has 0 aliphatic rings. The summed E-state index contributed by atoms with van der Waals surface area (Å²) in [6.07, 6.45) is 0.988. The zero-order chi connectivity index (χ0) is 9.40. The van der Waals surface area contributed by atoms with Gasteiger partial charge in [-0.3, -0.25) is 0 Å². The van der Waals surface area contributed by atoms with Crippen LogP contribution in [0.1, 0.15) is 11.1 Å². The molecule has 0 bridgehead atoms. The molecule has 1 aromatic carbocycles. The van der Waals surface area contributed by atoms with Crippen LogP contribution in [-0.4, -0.2) is 6.54 Å². The first-order valence-electron chi connectivity index (χ1n) is 4.08. The Morgan fingerprint density at radius 1 is 1.33 bits per heavy atom. The fraction of sp³-hybridized carbons (Fsp3) is 0.273. The van der Waals surface area contributed by atoms with Crippen LogP contribution in [0.4, 0.5) is 0 Å². The van der Waals surface area contributed by atoms with E-state index in [1.165, 1.54) is 11.1 Å². The Labute approximate surface area is 74.9 Å². The molecule has 0 unspecified atom stereocenters. The van der Waals surface area contributed by atoms with Crippen molar-refractivity contribution in [2.45, 2.75) is 13.3 Å². The molecule has 0 saturated heterocycles. The van der Waals surface area contributed by atoms with Gasteiger partial charge in [-0.1, -0.05) is 29.8 Å². The monoisotopic (exact) mass is 163 g/mol. The van der Waals surface area contributed by atoms with Gasteiger partial charge < -0.3 is 5.73 Å². The Morgan fingerprint density at radius 2 is 2.00 bits per heavy atom. The second-order valence-electron chi connectivity index (χ2n) is 2.53. The number of hydrogen-bond donors (Lipinski definition) is 1. The minimum atomic E-state index is 0.740. The summed E-state index contributed by atoms with van der Waals surface area (Å²) in [6.45, 7) is 8.84. The van der Waals surface area contributed by atoms with Crippen molar-refractivity contribution in [2.24, 2.45) is 5.73 Å². The highest BCUT2D eigenvalue weighted by atomic mass is 14.5. The zero-order valence-electron chi connectivity index (χ0n) is 7.72. The number of hydrogen-bond acceptors (Lipinski definition) is 1. The van der Waals surface area contributed by atoms with Crippen LogP contribution in [0.2, 0.25) is 0 Å². The van der Waals surface area contributed by atoms with E-state index in [-0.39, 0.29) is 0 Å². The molecule has 0 amide bonds. The highest BCUT2D eigenvalue weighted by Gasteiger charge is 1.89. The minimum Gasteiger partial charge on any atom is -0.330 e. The van der Waals surface area contributed by atoms with E-state index in [1.807, 2.05) is 0 Å². The molecule has 12 heavy (non-hydrogen) atoms. The molecule has 1 rings (SSSR count). The summed E-state index contributed by atoms with van der Waals surface area (Å²) in [5, 5.41) is 0. The van der Waals surface area contributed by atoms with Gasteiger partial charge in [-0.05, 0) is 25.5 Å². The molecule has 0 spiro atoms. The molecule has 0 aromatic heterocycles. The van der Waals surface area contributed by atoms with E-state index in [4.69, 9.17) is 5.73 Å². The number of nitrogens with two attached hydrogens (primary N) is 1. The summed E-state index contributed by atoms with van der Waals surface area (Å²) in [4.78, 5) is 0. The average molecular weight is 163 g/mol. The Kier molecular flexibility index (Phi) is 6.02. The molecule has 1 aromatic rings. The normalized spacial score (nSPS) is 8.50. The Morgan fingerprint density at radius 3 is 2.50 bits per heavy atom. The van der Waals surface area contributed by atoms with Crippen LogP contribution < -0.4 is 5.73 Å². The van der Waals surface area contributed by atoms with Gasteiger partial charge >= 0.3 is 0 Å². The van der Waals surface area contributed by atoms with Crippen LogP contribution >= 0.6 is 0 Å². The van der Waals surface area contributed by atoms with Gasteiger partial charge in [-0.15, -0.1) is 13.2 Å². The molecule has 1 nitrogen and oxygen atoms in total. The molecule has 66 valence electrons. The molecule has 0 aliphatic carbocycles. The van der Waals surface area contributed by atoms with Crippen LogP contribution in [0.15, 0.2) is 37.4 Å². The van der Waals surface area contributed by atoms with Crippen molar-refractivity contribution in [1.82, 2.24) is 0 Å². The quantitative estimate of drug-likeness (QED) is 0.665. The Hall–Kier alpha value is -1.08. The van der Waals surface area contributed by atoms with Gasteiger partial charge in [0.25, 0.3) is 0 Å². The van der Waals surface area contributed by atoms with Crippen molar-refractivity contribution in [2.75, 3.05) is 6.54 Å². The van der Waals surface area contributed by atoms with Crippen LogP contribution in [0.25, 0.3) is 0 Å². The van der Waals surface area contributed by atoms with Crippen molar-refractivity contribution in [3.8, 4) is 0 Å². The van der Waals surface area contributed by atoms with Crippen LogP contribution in [0.5, 0.6) is 0 Å². The average Bonchev–Trinajstić information content (AvgIpc) is 2.09. The Bertz CT molecular complexity index is 218. The molecule has 0 radical (unpaired) electrons. The van der Waals surface area contributed by atoms with E-state index < -0.39 is 0 Å². The fourth-order valence-corrected chi connectivity index (χ4v) is 1.03. The van der Waals surface area contributed by atoms with Crippen LogP contribution in [0, 0.1) is 6.92 Å². The third-order valence-corrected chi connectivity index (χ3v) is 1.52.